The van der Waals surface area contributed by atoms with E-state index >= 15 is 0 Å². The Morgan fingerprint density at radius 3 is 2.29 bits per heavy atom. The highest BCUT2D eigenvalue weighted by atomic mass is 16.5. The number of amides is 1. The second kappa shape index (κ2) is 18.8. The van der Waals surface area contributed by atoms with Crippen molar-refractivity contribution in [2.24, 2.45) is 5.41 Å². The number of carbonyl (C=O) groups excluding carboxylic acids is 2. The third-order valence-electron chi connectivity index (χ3n) is 14.0. The normalized spacial score (nSPS) is 21.3. The molecule has 4 atom stereocenters. The molecule has 0 aliphatic heterocycles. The number of aliphatic hydroxyl groups is 2. The van der Waals surface area contributed by atoms with E-state index in [9.17, 15) is 19.8 Å². The summed E-state index contributed by atoms with van der Waals surface area (Å²) in [5.74, 6) is 0.759. The minimum atomic E-state index is -1.30. The van der Waals surface area contributed by atoms with Gasteiger partial charge in [0, 0.05) is 23.1 Å². The van der Waals surface area contributed by atoms with Gasteiger partial charge in [0.15, 0.2) is 17.3 Å². The lowest BCUT2D eigenvalue weighted by atomic mass is 9.64. The highest BCUT2D eigenvalue weighted by Gasteiger charge is 2.57. The molecule has 6 aromatic rings. The van der Waals surface area contributed by atoms with Gasteiger partial charge in [0.2, 0.25) is 5.91 Å². The van der Waals surface area contributed by atoms with Crippen LogP contribution in [0.3, 0.4) is 0 Å². The van der Waals surface area contributed by atoms with Crippen LogP contribution in [0.5, 0.6) is 11.5 Å². The number of nitrogens with zero attached hydrogens (tertiary/aromatic N) is 1. The van der Waals surface area contributed by atoms with Gasteiger partial charge in [-0.15, -0.1) is 0 Å². The van der Waals surface area contributed by atoms with Gasteiger partial charge in [-0.05, 0) is 120 Å². The van der Waals surface area contributed by atoms with Crippen LogP contribution in [0.2, 0.25) is 0 Å². The first-order valence-corrected chi connectivity index (χ1v) is 22.3. The molecule has 63 heavy (non-hydrogen) atoms. The Labute approximate surface area is 372 Å². The van der Waals surface area contributed by atoms with E-state index in [0.29, 0.717) is 67.7 Å². The van der Waals surface area contributed by atoms with Gasteiger partial charge >= 0.3 is 0 Å². The second-order valence-electron chi connectivity index (χ2n) is 18.0. The molecule has 7 heteroatoms. The minimum absolute atomic E-state index is 0.0794. The van der Waals surface area contributed by atoms with E-state index in [0.717, 1.165) is 50.6 Å². The monoisotopic (exact) mass is 841 g/mol. The van der Waals surface area contributed by atoms with Gasteiger partial charge in [-0.2, -0.15) is 0 Å². The van der Waals surface area contributed by atoms with Crippen LogP contribution in [-0.4, -0.2) is 59.3 Å². The number of ether oxygens (including phenoxy) is 2. The summed E-state index contributed by atoms with van der Waals surface area (Å²) in [5, 5.41) is 26.8. The zero-order valence-corrected chi connectivity index (χ0v) is 37.0. The Morgan fingerprint density at radius 1 is 0.778 bits per heavy atom. The molecule has 3 aliphatic rings. The van der Waals surface area contributed by atoms with Crippen molar-refractivity contribution in [2.75, 3.05) is 20.8 Å². The van der Waals surface area contributed by atoms with Gasteiger partial charge in [-0.25, -0.2) is 0 Å². The van der Waals surface area contributed by atoms with Gasteiger partial charge in [-0.3, -0.25) is 9.59 Å². The van der Waals surface area contributed by atoms with E-state index in [1.54, 1.807) is 14.2 Å². The summed E-state index contributed by atoms with van der Waals surface area (Å²) in [5.41, 5.74) is 6.07. The van der Waals surface area contributed by atoms with Crippen molar-refractivity contribution in [2.45, 2.75) is 89.4 Å². The molecular formula is C56H59NO6. The first-order chi connectivity index (χ1) is 30.5. The summed E-state index contributed by atoms with van der Waals surface area (Å²) in [6.45, 7) is 4.72. The van der Waals surface area contributed by atoms with Gasteiger partial charge in [0.05, 0.1) is 38.9 Å². The second-order valence-corrected chi connectivity index (χ2v) is 18.0. The van der Waals surface area contributed by atoms with Gasteiger partial charge in [0.1, 0.15) is 0 Å². The average molecular weight is 842 g/mol. The lowest BCUT2D eigenvalue weighted by Gasteiger charge is -2.46. The highest BCUT2D eigenvalue weighted by molar-refractivity contribution is 6.10. The molecule has 0 saturated heterocycles. The smallest absolute Gasteiger partial charge is 0.227 e. The fraction of sp³-hybridized carbons (Fsp3) is 0.321. The molecule has 1 amide bonds. The maximum absolute atomic E-state index is 14.9. The molecule has 3 aliphatic carbocycles. The third kappa shape index (κ3) is 9.22. The Morgan fingerprint density at radius 2 is 1.51 bits per heavy atom. The topological polar surface area (TPSA) is 96.3 Å². The van der Waals surface area contributed by atoms with E-state index in [-0.39, 0.29) is 30.6 Å². The summed E-state index contributed by atoms with van der Waals surface area (Å²) in [4.78, 5) is 31.5. The zero-order chi connectivity index (χ0) is 44.1. The standard InChI is InChI=1S/C56H59NO6/c1-38-12-11-30-55(2)50(48-27-20-39(32-46(58)26-19-38)33-49(48)54(60)44-24-22-42(23-25-44)41-13-6-5-7-14-41)29-31-56(55,61)37-57(36-45-17-10-16-43-15-8-9-18-47(43)45)53(59)35-40-21-28-51(62-3)52(34-40)63-4/h5-10,12-18,20-25,27-28,33-34,46,50,58,61H,11,19,26,29-32,35-37H2,1-4H3/t46-,50-,55-,56+/m0/s1. The number of aliphatic hydroxyl groups excluding tert-OH is 1. The molecule has 324 valence electrons. The molecule has 0 aromatic heterocycles. The van der Waals surface area contributed by atoms with Crippen molar-refractivity contribution in [1.29, 1.82) is 0 Å². The van der Waals surface area contributed by atoms with Gasteiger partial charge < -0.3 is 24.6 Å². The van der Waals surface area contributed by atoms with E-state index < -0.39 is 17.1 Å². The van der Waals surface area contributed by atoms with Crippen molar-refractivity contribution >= 4 is 22.5 Å². The molecular weight excluding hydrogens is 783 g/mol. The highest BCUT2D eigenvalue weighted by Crippen LogP contribution is 2.59. The van der Waals surface area contributed by atoms with Crippen molar-refractivity contribution in [3.05, 3.63) is 178 Å². The number of allylic oxidation sites excluding steroid dienone is 2. The predicted octanol–water partition coefficient (Wildman–Crippen LogP) is 11.1. The fourth-order valence-electron chi connectivity index (χ4n) is 10.3. The molecule has 0 unspecified atom stereocenters. The fourth-order valence-corrected chi connectivity index (χ4v) is 10.3. The molecule has 0 spiro atoms. The molecule has 1 fully saturated rings. The molecule has 1 saturated carbocycles. The molecule has 9 rings (SSSR count). The van der Waals surface area contributed by atoms with Crippen molar-refractivity contribution < 1.29 is 29.3 Å². The number of rotatable bonds is 11. The average Bonchev–Trinajstić information content (AvgIpc) is 3.56. The van der Waals surface area contributed by atoms with Gasteiger partial charge in [0.25, 0.3) is 0 Å². The van der Waals surface area contributed by atoms with Crippen LogP contribution >= 0.6 is 0 Å². The minimum Gasteiger partial charge on any atom is -0.493 e. The van der Waals surface area contributed by atoms with Crippen LogP contribution in [0.4, 0.5) is 0 Å². The van der Waals surface area contributed by atoms with Crippen LogP contribution in [0.1, 0.15) is 96.5 Å². The lowest BCUT2D eigenvalue weighted by molar-refractivity contribution is -0.140. The van der Waals surface area contributed by atoms with E-state index in [1.807, 2.05) is 89.8 Å². The number of ketones is 1. The summed E-state index contributed by atoms with van der Waals surface area (Å²) < 4.78 is 11.1. The largest absolute Gasteiger partial charge is 0.493 e. The van der Waals surface area contributed by atoms with E-state index in [1.165, 1.54) is 5.57 Å². The Kier molecular flexibility index (Phi) is 13.0. The number of hydrogen-bond acceptors (Lipinski definition) is 6. The number of fused-ring (bicyclic) bond motifs is 9. The number of hydrogen-bond donors (Lipinski definition) is 2. The van der Waals surface area contributed by atoms with Crippen LogP contribution in [-0.2, 0) is 24.2 Å². The Balaban J connectivity index is 1.19. The predicted molar refractivity (Wildman–Crippen MR) is 251 cm³/mol. The summed E-state index contributed by atoms with van der Waals surface area (Å²) >= 11 is 0. The van der Waals surface area contributed by atoms with Crippen LogP contribution in [0.25, 0.3) is 21.9 Å². The number of carbonyl (C=O) groups is 2. The van der Waals surface area contributed by atoms with E-state index in [2.05, 4.69) is 68.5 Å². The maximum Gasteiger partial charge on any atom is 0.227 e. The summed E-state index contributed by atoms with van der Waals surface area (Å²) in [7, 11) is 3.18. The molecule has 6 aromatic carbocycles. The maximum atomic E-state index is 14.9. The number of methoxy groups -OCH3 is 2. The quantitative estimate of drug-likeness (QED) is 0.0996. The molecule has 2 N–H and O–H groups in total. The van der Waals surface area contributed by atoms with Crippen molar-refractivity contribution in [3.63, 3.8) is 0 Å². The van der Waals surface area contributed by atoms with Crippen LogP contribution in [0, 0.1) is 5.41 Å². The third-order valence-corrected chi connectivity index (χ3v) is 14.0. The first-order valence-electron chi connectivity index (χ1n) is 22.3. The molecule has 7 nitrogen and oxygen atoms in total. The first kappa shape index (κ1) is 43.6. The van der Waals surface area contributed by atoms with Crippen LogP contribution < -0.4 is 9.47 Å². The zero-order valence-electron chi connectivity index (χ0n) is 37.0. The molecule has 2 bridgehead atoms. The SMILES string of the molecule is COc1ccc(CC(=O)N(Cc2cccc3ccccc23)C[C@]2(O)CC[C@H]3c4ccc(cc4C(=O)c4ccc(-c5ccccc5)cc4)C[C@@H](O)CCC(C)=CCC[C@@]32C)cc1OC. The lowest BCUT2D eigenvalue weighted by Crippen LogP contribution is -2.53. The molecule has 0 radical (unpaired) electrons. The van der Waals surface area contributed by atoms with Crippen molar-refractivity contribution in [3.8, 4) is 22.6 Å². The Bertz CT molecular complexity index is 2610. The Hall–Kier alpha value is -6.02. The summed E-state index contributed by atoms with van der Waals surface area (Å²) in [6, 6.07) is 44.0. The number of benzene rings is 6. The molecule has 0 heterocycles. The summed E-state index contributed by atoms with van der Waals surface area (Å²) in [6.07, 6.45) is 6.07. The van der Waals surface area contributed by atoms with E-state index in [4.69, 9.17) is 9.47 Å². The van der Waals surface area contributed by atoms with Crippen molar-refractivity contribution in [1.82, 2.24) is 4.90 Å². The van der Waals surface area contributed by atoms with Gasteiger partial charge in [-0.1, -0.05) is 134 Å². The van der Waals surface area contributed by atoms with Crippen LogP contribution in [0.15, 0.2) is 145 Å².